The lowest BCUT2D eigenvalue weighted by molar-refractivity contribution is -0.132. The Labute approximate surface area is 129 Å². The van der Waals surface area contributed by atoms with Gasteiger partial charge in [0.2, 0.25) is 5.91 Å². The Morgan fingerprint density at radius 1 is 1.18 bits per heavy atom. The molecule has 6 nitrogen and oxygen atoms in total. The van der Waals surface area contributed by atoms with Crippen LogP contribution in [-0.2, 0) is 9.59 Å². The van der Waals surface area contributed by atoms with Crippen molar-refractivity contribution in [3.05, 3.63) is 28.8 Å². The quantitative estimate of drug-likeness (QED) is 0.837. The standard InChI is InChI=1S/C16H21N3O3/c1-9-6-10(2)13(11(3)7-9)17-12(20)8-19-14(21)16(4,5)18-15(19)22/h6-7H,8H2,1-5H3,(H,17,20)(H,18,22). The number of urea groups is 1. The van der Waals surface area contributed by atoms with Crippen molar-refractivity contribution in [1.29, 1.82) is 0 Å². The monoisotopic (exact) mass is 303 g/mol. The van der Waals surface area contributed by atoms with Gasteiger partial charge in [0.15, 0.2) is 0 Å². The zero-order valence-corrected chi connectivity index (χ0v) is 13.5. The van der Waals surface area contributed by atoms with E-state index in [-0.39, 0.29) is 6.54 Å². The van der Waals surface area contributed by atoms with Crippen LogP contribution >= 0.6 is 0 Å². The number of benzene rings is 1. The molecule has 0 aromatic heterocycles. The molecule has 0 saturated carbocycles. The summed E-state index contributed by atoms with van der Waals surface area (Å²) in [6.07, 6.45) is 0. The maximum atomic E-state index is 12.2. The summed E-state index contributed by atoms with van der Waals surface area (Å²) in [6.45, 7) is 8.74. The van der Waals surface area contributed by atoms with E-state index in [1.54, 1.807) is 13.8 Å². The Morgan fingerprint density at radius 2 is 1.73 bits per heavy atom. The molecule has 1 aromatic rings. The second kappa shape index (κ2) is 5.44. The van der Waals surface area contributed by atoms with Gasteiger partial charge in [0.25, 0.3) is 5.91 Å². The molecule has 6 heteroatoms. The minimum atomic E-state index is -0.965. The largest absolute Gasteiger partial charge is 0.325 e. The molecule has 0 spiro atoms. The highest BCUT2D eigenvalue weighted by Gasteiger charge is 2.44. The highest BCUT2D eigenvalue weighted by molar-refractivity contribution is 6.09. The lowest BCUT2D eigenvalue weighted by Gasteiger charge is -2.17. The first-order valence-corrected chi connectivity index (χ1v) is 7.13. The maximum absolute atomic E-state index is 12.2. The fourth-order valence-corrected chi connectivity index (χ4v) is 2.66. The number of carbonyl (C=O) groups excluding carboxylic acids is 3. The van der Waals surface area contributed by atoms with Crippen LogP contribution in [0, 0.1) is 20.8 Å². The van der Waals surface area contributed by atoms with Gasteiger partial charge in [0, 0.05) is 5.69 Å². The SMILES string of the molecule is Cc1cc(C)c(NC(=O)CN2C(=O)NC(C)(C)C2=O)c(C)c1. The fraction of sp³-hybridized carbons (Fsp3) is 0.438. The summed E-state index contributed by atoms with van der Waals surface area (Å²) in [5.41, 5.74) is 2.77. The average molecular weight is 303 g/mol. The molecule has 1 saturated heterocycles. The Bertz CT molecular complexity index is 642. The molecule has 1 fully saturated rings. The summed E-state index contributed by atoms with van der Waals surface area (Å²) in [7, 11) is 0. The number of nitrogens with zero attached hydrogens (tertiary/aromatic N) is 1. The van der Waals surface area contributed by atoms with Gasteiger partial charge in [-0.2, -0.15) is 0 Å². The van der Waals surface area contributed by atoms with Gasteiger partial charge in [-0.05, 0) is 45.7 Å². The first-order chi connectivity index (χ1) is 10.1. The van der Waals surface area contributed by atoms with E-state index in [2.05, 4.69) is 10.6 Å². The van der Waals surface area contributed by atoms with Gasteiger partial charge in [-0.15, -0.1) is 0 Å². The number of hydrogen-bond donors (Lipinski definition) is 2. The summed E-state index contributed by atoms with van der Waals surface area (Å²) in [5, 5.41) is 5.34. The highest BCUT2D eigenvalue weighted by atomic mass is 16.2. The molecule has 1 aliphatic heterocycles. The van der Waals surface area contributed by atoms with E-state index < -0.39 is 23.4 Å². The normalized spacial score (nSPS) is 16.7. The van der Waals surface area contributed by atoms with Gasteiger partial charge in [-0.3, -0.25) is 14.5 Å². The first kappa shape index (κ1) is 16.0. The minimum Gasteiger partial charge on any atom is -0.324 e. The summed E-state index contributed by atoms with van der Waals surface area (Å²) >= 11 is 0. The maximum Gasteiger partial charge on any atom is 0.325 e. The van der Waals surface area contributed by atoms with Gasteiger partial charge in [-0.1, -0.05) is 17.7 Å². The van der Waals surface area contributed by atoms with Crippen molar-refractivity contribution in [3.63, 3.8) is 0 Å². The van der Waals surface area contributed by atoms with Gasteiger partial charge < -0.3 is 10.6 Å². The molecule has 0 atom stereocenters. The second-order valence-corrected chi connectivity index (χ2v) is 6.27. The lowest BCUT2D eigenvalue weighted by atomic mass is 10.1. The molecule has 1 aliphatic rings. The van der Waals surface area contributed by atoms with E-state index >= 15 is 0 Å². The summed E-state index contributed by atoms with van der Waals surface area (Å²) in [5.74, 6) is -0.791. The number of anilines is 1. The van der Waals surface area contributed by atoms with Gasteiger partial charge in [0.1, 0.15) is 12.1 Å². The van der Waals surface area contributed by atoms with E-state index in [1.165, 1.54) is 0 Å². The molecule has 0 aliphatic carbocycles. The number of carbonyl (C=O) groups is 3. The number of amides is 4. The van der Waals surface area contributed by atoms with Gasteiger partial charge >= 0.3 is 6.03 Å². The van der Waals surface area contributed by atoms with Crippen molar-refractivity contribution in [2.75, 3.05) is 11.9 Å². The Morgan fingerprint density at radius 3 is 2.18 bits per heavy atom. The molecule has 0 bridgehead atoms. The predicted octanol–water partition coefficient (Wildman–Crippen LogP) is 1.88. The van der Waals surface area contributed by atoms with Crippen LogP contribution in [0.1, 0.15) is 30.5 Å². The van der Waals surface area contributed by atoms with Gasteiger partial charge in [-0.25, -0.2) is 4.79 Å². The Hall–Kier alpha value is -2.37. The second-order valence-electron chi connectivity index (χ2n) is 6.27. The van der Waals surface area contributed by atoms with E-state index in [0.29, 0.717) is 0 Å². The van der Waals surface area contributed by atoms with Crippen molar-refractivity contribution in [2.45, 2.75) is 40.2 Å². The van der Waals surface area contributed by atoms with E-state index in [1.807, 2.05) is 32.9 Å². The third-order valence-corrected chi connectivity index (χ3v) is 3.69. The average Bonchev–Trinajstić information content (AvgIpc) is 2.56. The zero-order valence-electron chi connectivity index (χ0n) is 13.5. The predicted molar refractivity (Wildman–Crippen MR) is 83.6 cm³/mol. The molecular formula is C16H21N3O3. The van der Waals surface area contributed by atoms with Crippen LogP contribution < -0.4 is 10.6 Å². The first-order valence-electron chi connectivity index (χ1n) is 7.13. The molecule has 0 unspecified atom stereocenters. The third-order valence-electron chi connectivity index (χ3n) is 3.69. The van der Waals surface area contributed by atoms with Crippen LogP contribution in [0.3, 0.4) is 0 Å². The van der Waals surface area contributed by atoms with Crippen molar-refractivity contribution in [1.82, 2.24) is 10.2 Å². The number of rotatable bonds is 3. The van der Waals surface area contributed by atoms with E-state index in [4.69, 9.17) is 0 Å². The smallest absolute Gasteiger partial charge is 0.324 e. The highest BCUT2D eigenvalue weighted by Crippen LogP contribution is 2.22. The molecule has 2 N–H and O–H groups in total. The zero-order chi connectivity index (χ0) is 16.7. The van der Waals surface area contributed by atoms with E-state index in [0.717, 1.165) is 27.3 Å². The third kappa shape index (κ3) is 2.95. The number of hydrogen-bond acceptors (Lipinski definition) is 3. The number of nitrogens with one attached hydrogen (secondary N) is 2. The number of aryl methyl sites for hydroxylation is 3. The van der Waals surface area contributed by atoms with Crippen molar-refractivity contribution in [2.24, 2.45) is 0 Å². The molecular weight excluding hydrogens is 282 g/mol. The van der Waals surface area contributed by atoms with Gasteiger partial charge in [0.05, 0.1) is 0 Å². The molecule has 0 radical (unpaired) electrons. The Balaban J connectivity index is 2.12. The Kier molecular flexibility index (Phi) is 3.96. The van der Waals surface area contributed by atoms with Crippen molar-refractivity contribution in [3.8, 4) is 0 Å². The topological polar surface area (TPSA) is 78.5 Å². The van der Waals surface area contributed by atoms with Crippen LogP contribution in [0.15, 0.2) is 12.1 Å². The van der Waals surface area contributed by atoms with Crippen LogP contribution in [-0.4, -0.2) is 34.8 Å². The fourth-order valence-electron chi connectivity index (χ4n) is 2.66. The van der Waals surface area contributed by atoms with E-state index in [9.17, 15) is 14.4 Å². The van der Waals surface area contributed by atoms with Crippen LogP contribution in [0.5, 0.6) is 0 Å². The van der Waals surface area contributed by atoms with Crippen LogP contribution in [0.2, 0.25) is 0 Å². The van der Waals surface area contributed by atoms with Crippen LogP contribution in [0.4, 0.5) is 10.5 Å². The van der Waals surface area contributed by atoms with Crippen LogP contribution in [0.25, 0.3) is 0 Å². The summed E-state index contributed by atoms with van der Waals surface area (Å²) < 4.78 is 0. The minimum absolute atomic E-state index is 0.291. The molecule has 2 rings (SSSR count). The summed E-state index contributed by atoms with van der Waals surface area (Å²) in [4.78, 5) is 37.0. The number of imide groups is 1. The molecule has 1 aromatic carbocycles. The lowest BCUT2D eigenvalue weighted by Crippen LogP contribution is -2.41. The molecule has 4 amide bonds. The molecule has 22 heavy (non-hydrogen) atoms. The molecule has 118 valence electrons. The van der Waals surface area contributed by atoms with Crippen molar-refractivity contribution >= 4 is 23.5 Å². The van der Waals surface area contributed by atoms with Crippen molar-refractivity contribution < 1.29 is 14.4 Å². The molecule has 1 heterocycles. The summed E-state index contributed by atoms with van der Waals surface area (Å²) in [6, 6.07) is 3.40.